The van der Waals surface area contributed by atoms with Crippen LogP contribution >= 0.6 is 11.6 Å². The lowest BCUT2D eigenvalue weighted by molar-refractivity contribution is -0.0379. The minimum Gasteiger partial charge on any atom is -0.367 e. The number of aryl methyl sites for hydroxylation is 1. The van der Waals surface area contributed by atoms with Gasteiger partial charge in [-0.1, -0.05) is 28.9 Å². The summed E-state index contributed by atoms with van der Waals surface area (Å²) in [6.45, 7) is 4.63. The SMILES string of the molecule is Cc1nc([C@H]2CN(Cc3c(Cl)ccc4cccnc34)CCO2)no1. The fraction of sp³-hybridized carbons (Fsp3) is 0.353. The lowest BCUT2D eigenvalue weighted by atomic mass is 10.1. The third kappa shape index (κ3) is 3.00. The van der Waals surface area contributed by atoms with Crippen molar-refractivity contribution in [3.8, 4) is 0 Å². The molecule has 0 saturated carbocycles. The summed E-state index contributed by atoms with van der Waals surface area (Å²) >= 11 is 6.44. The molecule has 1 atom stereocenters. The van der Waals surface area contributed by atoms with E-state index in [-0.39, 0.29) is 6.10 Å². The van der Waals surface area contributed by atoms with Crippen LogP contribution in [0.2, 0.25) is 5.02 Å². The fourth-order valence-electron chi connectivity index (χ4n) is 3.00. The van der Waals surface area contributed by atoms with E-state index >= 15 is 0 Å². The molecule has 1 aliphatic heterocycles. The van der Waals surface area contributed by atoms with Gasteiger partial charge in [-0.15, -0.1) is 0 Å². The number of hydrogen-bond acceptors (Lipinski definition) is 6. The second kappa shape index (κ2) is 6.47. The summed E-state index contributed by atoms with van der Waals surface area (Å²) in [5.41, 5.74) is 1.99. The molecule has 24 heavy (non-hydrogen) atoms. The van der Waals surface area contributed by atoms with Gasteiger partial charge in [-0.3, -0.25) is 9.88 Å². The molecule has 0 N–H and O–H groups in total. The summed E-state index contributed by atoms with van der Waals surface area (Å²) in [6.07, 6.45) is 1.62. The largest absolute Gasteiger partial charge is 0.367 e. The number of nitrogens with zero attached hydrogens (tertiary/aromatic N) is 4. The summed E-state index contributed by atoms with van der Waals surface area (Å²) in [4.78, 5) is 11.1. The van der Waals surface area contributed by atoms with Gasteiger partial charge in [0.1, 0.15) is 6.10 Å². The lowest BCUT2D eigenvalue weighted by Gasteiger charge is -2.31. The summed E-state index contributed by atoms with van der Waals surface area (Å²) in [5, 5.41) is 5.80. The molecule has 1 aliphatic rings. The summed E-state index contributed by atoms with van der Waals surface area (Å²) in [6, 6.07) is 7.91. The molecule has 7 heteroatoms. The molecule has 2 aromatic heterocycles. The first-order chi connectivity index (χ1) is 11.7. The summed E-state index contributed by atoms with van der Waals surface area (Å²) in [5.74, 6) is 1.14. The second-order valence-electron chi connectivity index (χ2n) is 5.87. The Morgan fingerprint density at radius 2 is 2.25 bits per heavy atom. The van der Waals surface area contributed by atoms with Crippen LogP contribution in [0.25, 0.3) is 10.9 Å². The minimum atomic E-state index is -0.182. The van der Waals surface area contributed by atoms with E-state index in [0.717, 1.165) is 28.0 Å². The molecule has 0 aliphatic carbocycles. The molecule has 1 saturated heterocycles. The van der Waals surface area contributed by atoms with Crippen LogP contribution in [-0.4, -0.2) is 39.7 Å². The first-order valence-corrected chi connectivity index (χ1v) is 8.25. The first kappa shape index (κ1) is 15.5. The maximum Gasteiger partial charge on any atom is 0.223 e. The van der Waals surface area contributed by atoms with Crippen molar-refractivity contribution >= 4 is 22.5 Å². The monoisotopic (exact) mass is 344 g/mol. The van der Waals surface area contributed by atoms with Gasteiger partial charge < -0.3 is 9.26 Å². The van der Waals surface area contributed by atoms with Crippen LogP contribution in [0.4, 0.5) is 0 Å². The van der Waals surface area contributed by atoms with E-state index in [1.165, 1.54) is 0 Å². The predicted molar refractivity (Wildman–Crippen MR) is 89.8 cm³/mol. The maximum absolute atomic E-state index is 6.44. The normalized spacial score (nSPS) is 19.0. The first-order valence-electron chi connectivity index (χ1n) is 7.87. The molecule has 0 radical (unpaired) electrons. The summed E-state index contributed by atoms with van der Waals surface area (Å²) < 4.78 is 10.8. The predicted octanol–water partition coefficient (Wildman–Crippen LogP) is 3.15. The van der Waals surface area contributed by atoms with Crippen LogP contribution in [0.1, 0.15) is 23.4 Å². The van der Waals surface area contributed by atoms with E-state index in [1.54, 1.807) is 13.1 Å². The van der Waals surface area contributed by atoms with Gasteiger partial charge in [0.2, 0.25) is 11.7 Å². The van der Waals surface area contributed by atoms with Crippen LogP contribution in [0, 0.1) is 6.92 Å². The van der Waals surface area contributed by atoms with Crippen LogP contribution < -0.4 is 0 Å². The highest BCUT2D eigenvalue weighted by Crippen LogP contribution is 2.28. The van der Waals surface area contributed by atoms with Crippen LogP contribution in [0.5, 0.6) is 0 Å². The molecule has 1 aromatic carbocycles. The Labute approximate surface area is 144 Å². The number of ether oxygens (including phenoxy) is 1. The van der Waals surface area contributed by atoms with E-state index in [0.29, 0.717) is 31.4 Å². The average Bonchev–Trinajstić information content (AvgIpc) is 3.04. The summed E-state index contributed by atoms with van der Waals surface area (Å²) in [7, 11) is 0. The molecule has 0 spiro atoms. The van der Waals surface area contributed by atoms with Crippen molar-refractivity contribution in [2.24, 2.45) is 0 Å². The molecule has 0 amide bonds. The number of fused-ring (bicyclic) bond motifs is 1. The van der Waals surface area contributed by atoms with Gasteiger partial charge in [-0.05, 0) is 12.1 Å². The molecule has 3 heterocycles. The van der Waals surface area contributed by atoms with Gasteiger partial charge in [0, 0.05) is 48.7 Å². The highest BCUT2D eigenvalue weighted by Gasteiger charge is 2.26. The third-order valence-electron chi connectivity index (χ3n) is 4.19. The molecule has 6 nitrogen and oxygen atoms in total. The number of halogens is 1. The molecule has 4 rings (SSSR count). The zero-order valence-electron chi connectivity index (χ0n) is 13.3. The van der Waals surface area contributed by atoms with E-state index in [1.807, 2.05) is 24.3 Å². The molecular weight excluding hydrogens is 328 g/mol. The minimum absolute atomic E-state index is 0.182. The maximum atomic E-state index is 6.44. The quantitative estimate of drug-likeness (QED) is 0.727. The topological polar surface area (TPSA) is 64.3 Å². The Balaban J connectivity index is 1.58. The highest BCUT2D eigenvalue weighted by molar-refractivity contribution is 6.32. The average molecular weight is 345 g/mol. The van der Waals surface area contributed by atoms with Crippen molar-refractivity contribution in [3.05, 3.63) is 52.8 Å². The van der Waals surface area contributed by atoms with E-state index in [9.17, 15) is 0 Å². The van der Waals surface area contributed by atoms with Crippen molar-refractivity contribution in [1.29, 1.82) is 0 Å². The van der Waals surface area contributed by atoms with Gasteiger partial charge in [-0.2, -0.15) is 4.98 Å². The van der Waals surface area contributed by atoms with Crippen LogP contribution in [0.15, 0.2) is 35.0 Å². The Morgan fingerprint density at radius 1 is 1.33 bits per heavy atom. The Kier molecular flexibility index (Phi) is 4.18. The van der Waals surface area contributed by atoms with Gasteiger partial charge in [0.25, 0.3) is 0 Å². The lowest BCUT2D eigenvalue weighted by Crippen LogP contribution is -2.38. The molecular formula is C17H17ClN4O2. The van der Waals surface area contributed by atoms with Crippen molar-refractivity contribution < 1.29 is 9.26 Å². The number of morpholine rings is 1. The van der Waals surface area contributed by atoms with Crippen molar-refractivity contribution in [3.63, 3.8) is 0 Å². The van der Waals surface area contributed by atoms with Crippen molar-refractivity contribution in [2.75, 3.05) is 19.7 Å². The Bertz CT molecular complexity index is 867. The standard InChI is InChI=1S/C17H17ClN4O2/c1-11-20-17(21-24-11)15-10-22(7-8-23-15)9-13-14(18)5-4-12-3-2-6-19-16(12)13/h2-6,15H,7-10H2,1H3/t15-/m1/s1. The Hall–Kier alpha value is -2.02. The number of hydrogen-bond donors (Lipinski definition) is 0. The Morgan fingerprint density at radius 3 is 3.08 bits per heavy atom. The molecule has 1 fully saturated rings. The molecule has 0 bridgehead atoms. The van der Waals surface area contributed by atoms with Gasteiger partial charge >= 0.3 is 0 Å². The van der Waals surface area contributed by atoms with Crippen molar-refractivity contribution in [2.45, 2.75) is 19.6 Å². The van der Waals surface area contributed by atoms with Crippen LogP contribution in [-0.2, 0) is 11.3 Å². The zero-order valence-corrected chi connectivity index (χ0v) is 14.0. The smallest absolute Gasteiger partial charge is 0.223 e. The highest BCUT2D eigenvalue weighted by atomic mass is 35.5. The number of pyridine rings is 1. The zero-order chi connectivity index (χ0) is 16.5. The second-order valence-corrected chi connectivity index (χ2v) is 6.27. The number of rotatable bonds is 3. The molecule has 0 unspecified atom stereocenters. The fourth-order valence-corrected chi connectivity index (χ4v) is 3.22. The van der Waals surface area contributed by atoms with Gasteiger partial charge in [-0.25, -0.2) is 0 Å². The third-order valence-corrected chi connectivity index (χ3v) is 4.54. The molecule has 124 valence electrons. The van der Waals surface area contributed by atoms with E-state index < -0.39 is 0 Å². The van der Waals surface area contributed by atoms with Gasteiger partial charge in [0.15, 0.2) is 0 Å². The number of benzene rings is 1. The van der Waals surface area contributed by atoms with Crippen molar-refractivity contribution in [1.82, 2.24) is 20.0 Å². The van der Waals surface area contributed by atoms with E-state index in [4.69, 9.17) is 20.9 Å². The van der Waals surface area contributed by atoms with Crippen LogP contribution in [0.3, 0.4) is 0 Å². The van der Waals surface area contributed by atoms with E-state index in [2.05, 4.69) is 20.0 Å². The van der Waals surface area contributed by atoms with Gasteiger partial charge in [0.05, 0.1) is 12.1 Å². The number of aromatic nitrogens is 3. The molecule has 3 aromatic rings.